The molecule has 1 aliphatic rings. The minimum absolute atomic E-state index is 0.0375. The van der Waals surface area contributed by atoms with Crippen molar-refractivity contribution in [1.82, 2.24) is 4.90 Å². The maximum Gasteiger partial charge on any atom is 0.303 e. The molecule has 0 radical (unpaired) electrons. The SMILES string of the molecule is CN(C)CCN(c1ccc(Nc2cc(CCC(=O)O)ccc2/C=C2\C(=O)Nc3cc(F)ccc32)cc1)S(C)(=O)=O. The molecule has 0 aliphatic carbocycles. The van der Waals surface area contributed by atoms with Crippen LogP contribution in [0.2, 0.25) is 0 Å². The topological polar surface area (TPSA) is 119 Å². The summed E-state index contributed by atoms with van der Waals surface area (Å²) < 4.78 is 39.8. The monoisotopic (exact) mass is 566 g/mol. The van der Waals surface area contributed by atoms with E-state index in [1.807, 2.05) is 25.1 Å². The first-order chi connectivity index (χ1) is 18.9. The first-order valence-electron chi connectivity index (χ1n) is 12.6. The Morgan fingerprint density at radius 1 is 1.05 bits per heavy atom. The van der Waals surface area contributed by atoms with Crippen LogP contribution in [0.3, 0.4) is 0 Å². The van der Waals surface area contributed by atoms with E-state index in [4.69, 9.17) is 5.11 Å². The van der Waals surface area contributed by atoms with Gasteiger partial charge in [0, 0.05) is 42.0 Å². The van der Waals surface area contributed by atoms with E-state index in [0.717, 1.165) is 5.56 Å². The molecule has 0 fully saturated rings. The summed E-state index contributed by atoms with van der Waals surface area (Å²) in [6, 6.07) is 16.4. The maximum atomic E-state index is 13.7. The number of nitrogens with one attached hydrogen (secondary N) is 2. The highest BCUT2D eigenvalue weighted by atomic mass is 32.2. The van der Waals surface area contributed by atoms with Gasteiger partial charge in [-0.2, -0.15) is 0 Å². The number of aliphatic carboxylic acids is 1. The number of anilines is 4. The second kappa shape index (κ2) is 11.9. The van der Waals surface area contributed by atoms with Crippen molar-refractivity contribution in [3.8, 4) is 0 Å². The van der Waals surface area contributed by atoms with Gasteiger partial charge in [-0.1, -0.05) is 12.1 Å². The number of carbonyl (C=O) groups is 2. The molecule has 11 heteroatoms. The number of fused-ring (bicyclic) bond motifs is 1. The Morgan fingerprint density at radius 3 is 2.42 bits per heavy atom. The van der Waals surface area contributed by atoms with Crippen LogP contribution in [0.25, 0.3) is 11.6 Å². The van der Waals surface area contributed by atoms with Crippen LogP contribution in [-0.4, -0.2) is 63.7 Å². The zero-order valence-corrected chi connectivity index (χ0v) is 23.3. The van der Waals surface area contributed by atoms with E-state index in [1.165, 1.54) is 22.7 Å². The molecule has 1 heterocycles. The number of carboxylic acids is 1. The molecule has 210 valence electrons. The predicted molar refractivity (Wildman–Crippen MR) is 156 cm³/mol. The second-order valence-corrected chi connectivity index (χ2v) is 11.7. The second-order valence-electron chi connectivity index (χ2n) is 9.83. The van der Waals surface area contributed by atoms with Crippen molar-refractivity contribution in [3.63, 3.8) is 0 Å². The largest absolute Gasteiger partial charge is 0.481 e. The fourth-order valence-corrected chi connectivity index (χ4v) is 5.27. The number of likely N-dealkylation sites (N-methyl/N-ethyl adjacent to an activating group) is 1. The molecule has 0 saturated carbocycles. The molecule has 3 N–H and O–H groups in total. The molecular weight excluding hydrogens is 535 g/mol. The van der Waals surface area contributed by atoms with E-state index >= 15 is 0 Å². The minimum Gasteiger partial charge on any atom is -0.481 e. The third-order valence-corrected chi connectivity index (χ3v) is 7.59. The lowest BCUT2D eigenvalue weighted by molar-refractivity contribution is -0.137. The molecule has 9 nitrogen and oxygen atoms in total. The van der Waals surface area contributed by atoms with Gasteiger partial charge in [0.2, 0.25) is 10.0 Å². The van der Waals surface area contributed by atoms with E-state index in [9.17, 15) is 22.4 Å². The quantitative estimate of drug-likeness (QED) is 0.294. The average molecular weight is 567 g/mol. The van der Waals surface area contributed by atoms with E-state index < -0.39 is 21.8 Å². The van der Waals surface area contributed by atoms with Crippen LogP contribution in [-0.2, 0) is 26.0 Å². The molecule has 40 heavy (non-hydrogen) atoms. The predicted octanol–water partition coefficient (Wildman–Crippen LogP) is 4.41. The molecule has 0 unspecified atom stereocenters. The lowest BCUT2D eigenvalue weighted by Crippen LogP contribution is -2.35. The number of carbonyl (C=O) groups excluding carboxylic acids is 1. The molecule has 4 rings (SSSR count). The summed E-state index contributed by atoms with van der Waals surface area (Å²) in [5, 5.41) is 15.1. The molecule has 0 aromatic heterocycles. The first kappa shape index (κ1) is 28.8. The zero-order valence-electron chi connectivity index (χ0n) is 22.4. The highest BCUT2D eigenvalue weighted by Crippen LogP contribution is 2.35. The van der Waals surface area contributed by atoms with Gasteiger partial charge >= 0.3 is 5.97 Å². The summed E-state index contributed by atoms with van der Waals surface area (Å²) in [4.78, 5) is 25.7. The van der Waals surface area contributed by atoms with Gasteiger partial charge in [-0.05, 0) is 86.3 Å². The molecule has 0 saturated heterocycles. The van der Waals surface area contributed by atoms with Crippen molar-refractivity contribution >= 4 is 56.3 Å². The van der Waals surface area contributed by atoms with Crippen LogP contribution in [0.4, 0.5) is 27.1 Å². The number of aryl methyl sites for hydroxylation is 1. The van der Waals surface area contributed by atoms with E-state index in [0.29, 0.717) is 59.0 Å². The van der Waals surface area contributed by atoms with E-state index in [-0.39, 0.29) is 12.3 Å². The number of hydrogen-bond donors (Lipinski definition) is 3. The number of sulfonamides is 1. The molecule has 0 bridgehead atoms. The summed E-state index contributed by atoms with van der Waals surface area (Å²) >= 11 is 0. The molecule has 0 spiro atoms. The highest BCUT2D eigenvalue weighted by Gasteiger charge is 2.25. The molecule has 0 atom stereocenters. The van der Waals surface area contributed by atoms with Crippen LogP contribution in [0.15, 0.2) is 60.7 Å². The van der Waals surface area contributed by atoms with Crippen molar-refractivity contribution in [1.29, 1.82) is 0 Å². The summed E-state index contributed by atoms with van der Waals surface area (Å²) in [5.74, 6) is -1.72. The summed E-state index contributed by atoms with van der Waals surface area (Å²) in [5.41, 5.74) is 4.61. The summed E-state index contributed by atoms with van der Waals surface area (Å²) in [6.07, 6.45) is 3.15. The van der Waals surface area contributed by atoms with Crippen molar-refractivity contribution in [2.45, 2.75) is 12.8 Å². The van der Waals surface area contributed by atoms with Gasteiger partial charge in [0.1, 0.15) is 5.82 Å². The van der Waals surface area contributed by atoms with Gasteiger partial charge in [0.25, 0.3) is 5.91 Å². The van der Waals surface area contributed by atoms with Gasteiger partial charge in [0.15, 0.2) is 0 Å². The Balaban J connectivity index is 1.67. The number of hydrogen-bond acceptors (Lipinski definition) is 6. The molecule has 3 aromatic rings. The van der Waals surface area contributed by atoms with Crippen LogP contribution < -0.4 is 14.9 Å². The number of halogens is 1. The van der Waals surface area contributed by atoms with Gasteiger partial charge in [-0.15, -0.1) is 0 Å². The molecule has 1 aliphatic heterocycles. The van der Waals surface area contributed by atoms with Crippen LogP contribution >= 0.6 is 0 Å². The van der Waals surface area contributed by atoms with Gasteiger partial charge < -0.3 is 20.6 Å². The highest BCUT2D eigenvalue weighted by molar-refractivity contribution is 7.92. The molecule has 1 amide bonds. The lowest BCUT2D eigenvalue weighted by atomic mass is 10.00. The number of amides is 1. The average Bonchev–Trinajstić information content (AvgIpc) is 3.17. The third-order valence-electron chi connectivity index (χ3n) is 6.39. The van der Waals surface area contributed by atoms with Crippen LogP contribution in [0.1, 0.15) is 23.1 Å². The summed E-state index contributed by atoms with van der Waals surface area (Å²) in [6.45, 7) is 0.854. The fourth-order valence-electron chi connectivity index (χ4n) is 4.35. The molecular formula is C29H31FN4O5S. The van der Waals surface area contributed by atoms with Crippen molar-refractivity contribution in [2.24, 2.45) is 0 Å². The number of rotatable bonds is 11. The minimum atomic E-state index is -3.49. The zero-order chi connectivity index (χ0) is 29.0. The number of nitrogens with zero attached hydrogens (tertiary/aromatic N) is 2. The van der Waals surface area contributed by atoms with Crippen molar-refractivity contribution in [2.75, 3.05) is 48.4 Å². The van der Waals surface area contributed by atoms with Crippen LogP contribution in [0.5, 0.6) is 0 Å². The lowest BCUT2D eigenvalue weighted by Gasteiger charge is -2.24. The smallest absolute Gasteiger partial charge is 0.303 e. The van der Waals surface area contributed by atoms with Crippen LogP contribution in [0, 0.1) is 5.82 Å². The Labute approximate surface area is 233 Å². The Kier molecular flexibility index (Phi) is 8.55. The number of carboxylic acid groups (broad SMARTS) is 1. The van der Waals surface area contributed by atoms with Crippen molar-refractivity contribution in [3.05, 3.63) is 83.2 Å². The Bertz CT molecular complexity index is 1570. The standard InChI is InChI=1S/C29H31FN4O5S/c1-33(2)14-15-34(40(3,38)39)23-10-8-22(9-11-23)31-26-16-19(5-13-28(35)36)4-6-20(26)17-25-24-12-7-21(30)18-27(24)32-29(25)37/h4,6-12,16-18,31H,5,13-15H2,1-3H3,(H,32,37)(H,35,36)/b25-17-. The van der Waals surface area contributed by atoms with Gasteiger partial charge in [-0.25, -0.2) is 12.8 Å². The molecule has 3 aromatic carbocycles. The normalized spacial score (nSPS) is 13.8. The Morgan fingerprint density at radius 2 is 1.77 bits per heavy atom. The van der Waals surface area contributed by atoms with E-state index in [2.05, 4.69) is 10.6 Å². The number of benzene rings is 3. The van der Waals surface area contributed by atoms with Gasteiger partial charge in [-0.3, -0.25) is 13.9 Å². The van der Waals surface area contributed by atoms with E-state index in [1.54, 1.807) is 48.5 Å². The maximum absolute atomic E-state index is 13.7. The fraction of sp³-hybridized carbons (Fsp3) is 0.241. The third kappa shape index (κ3) is 7.04. The van der Waals surface area contributed by atoms with Gasteiger partial charge in [0.05, 0.1) is 17.6 Å². The summed E-state index contributed by atoms with van der Waals surface area (Å²) in [7, 11) is 0.256. The first-order valence-corrected chi connectivity index (χ1v) is 14.4. The Hall–Kier alpha value is -4.22. The van der Waals surface area contributed by atoms with Crippen molar-refractivity contribution < 1.29 is 27.5 Å².